The number of amides is 1. The molecular formula is C20H34N4OS. The van der Waals surface area contributed by atoms with Crippen LogP contribution in [0, 0.1) is 5.92 Å². The van der Waals surface area contributed by atoms with E-state index in [1.165, 1.54) is 4.88 Å². The third-order valence-corrected chi connectivity index (χ3v) is 5.82. The van der Waals surface area contributed by atoms with Crippen molar-refractivity contribution < 1.29 is 4.79 Å². The first-order chi connectivity index (χ1) is 12.5. The van der Waals surface area contributed by atoms with Gasteiger partial charge in [0.2, 0.25) is 5.91 Å². The Bertz CT molecular complexity index is 570. The van der Waals surface area contributed by atoms with E-state index in [1.807, 2.05) is 13.8 Å². The second kappa shape index (κ2) is 10.6. The van der Waals surface area contributed by atoms with Gasteiger partial charge in [-0.2, -0.15) is 0 Å². The lowest BCUT2D eigenvalue weighted by Crippen LogP contribution is -2.47. The van der Waals surface area contributed by atoms with E-state index in [1.54, 1.807) is 11.3 Å². The number of carbonyl (C=O) groups is 1. The molecule has 5 nitrogen and oxygen atoms in total. The molecule has 0 aliphatic heterocycles. The van der Waals surface area contributed by atoms with E-state index in [9.17, 15) is 4.79 Å². The lowest BCUT2D eigenvalue weighted by atomic mass is 9.85. The molecule has 1 amide bonds. The van der Waals surface area contributed by atoms with Gasteiger partial charge in [-0.1, -0.05) is 19.4 Å². The van der Waals surface area contributed by atoms with Gasteiger partial charge in [-0.3, -0.25) is 9.79 Å². The van der Waals surface area contributed by atoms with Crippen molar-refractivity contribution in [1.82, 2.24) is 16.0 Å². The fourth-order valence-corrected chi connectivity index (χ4v) is 4.14. The maximum atomic E-state index is 12.3. The third-order valence-electron chi connectivity index (χ3n) is 4.71. The monoisotopic (exact) mass is 378 g/mol. The molecule has 146 valence electrons. The molecule has 0 spiro atoms. The van der Waals surface area contributed by atoms with E-state index in [4.69, 9.17) is 4.99 Å². The minimum Gasteiger partial charge on any atom is -0.357 e. The quantitative estimate of drug-likeness (QED) is 0.503. The van der Waals surface area contributed by atoms with Crippen molar-refractivity contribution >= 4 is 23.2 Å². The molecule has 3 atom stereocenters. The molecule has 1 heterocycles. The minimum absolute atomic E-state index is 0.108. The van der Waals surface area contributed by atoms with Crippen LogP contribution in [0.3, 0.4) is 0 Å². The highest BCUT2D eigenvalue weighted by Gasteiger charge is 2.28. The molecule has 0 radical (unpaired) electrons. The minimum atomic E-state index is 0.108. The highest BCUT2D eigenvalue weighted by Crippen LogP contribution is 2.25. The first kappa shape index (κ1) is 20.7. The van der Waals surface area contributed by atoms with Crippen LogP contribution in [0.4, 0.5) is 0 Å². The Labute approximate surface area is 162 Å². The van der Waals surface area contributed by atoms with Gasteiger partial charge in [0.25, 0.3) is 0 Å². The Morgan fingerprint density at radius 2 is 2.15 bits per heavy atom. The molecule has 1 aromatic rings. The van der Waals surface area contributed by atoms with Crippen LogP contribution in [0.25, 0.3) is 0 Å². The Morgan fingerprint density at radius 1 is 1.35 bits per heavy atom. The summed E-state index contributed by atoms with van der Waals surface area (Å²) in [6.07, 6.45) is 4.04. The maximum Gasteiger partial charge on any atom is 0.223 e. The molecule has 1 aromatic heterocycles. The van der Waals surface area contributed by atoms with E-state index >= 15 is 0 Å². The highest BCUT2D eigenvalue weighted by atomic mass is 32.1. The van der Waals surface area contributed by atoms with Crippen molar-refractivity contribution in [2.75, 3.05) is 13.1 Å². The standard InChI is InChI=1S/C20H34N4OS/c1-5-21-20(22-13-15(4)18-10-7-11-26-18)24-17-9-6-8-16(12-17)19(25)23-14(2)3/h7,10-11,14-17H,5-6,8-9,12-13H2,1-4H3,(H,23,25)(H2,21,22,24). The van der Waals surface area contributed by atoms with Gasteiger partial charge in [-0.15, -0.1) is 11.3 Å². The van der Waals surface area contributed by atoms with Crippen LogP contribution >= 0.6 is 11.3 Å². The molecule has 2 rings (SSSR count). The van der Waals surface area contributed by atoms with E-state index in [0.717, 1.165) is 44.7 Å². The zero-order valence-corrected chi connectivity index (χ0v) is 17.4. The number of guanidine groups is 1. The summed E-state index contributed by atoms with van der Waals surface area (Å²) >= 11 is 1.79. The van der Waals surface area contributed by atoms with Gasteiger partial charge < -0.3 is 16.0 Å². The molecule has 0 bridgehead atoms. The van der Waals surface area contributed by atoms with Crippen molar-refractivity contribution in [2.45, 2.75) is 71.4 Å². The molecule has 6 heteroatoms. The molecule has 1 fully saturated rings. The average molecular weight is 379 g/mol. The first-order valence-electron chi connectivity index (χ1n) is 9.88. The number of nitrogens with zero attached hydrogens (tertiary/aromatic N) is 1. The van der Waals surface area contributed by atoms with Gasteiger partial charge in [0.15, 0.2) is 5.96 Å². The number of hydrogen-bond acceptors (Lipinski definition) is 3. The summed E-state index contributed by atoms with van der Waals surface area (Å²) in [6.45, 7) is 9.93. The van der Waals surface area contributed by atoms with Crippen LogP contribution in [0.5, 0.6) is 0 Å². The second-order valence-electron chi connectivity index (χ2n) is 7.50. The van der Waals surface area contributed by atoms with Crippen molar-refractivity contribution in [3.8, 4) is 0 Å². The summed E-state index contributed by atoms with van der Waals surface area (Å²) in [5, 5.41) is 12.1. The molecule has 3 N–H and O–H groups in total. The van der Waals surface area contributed by atoms with Crippen molar-refractivity contribution in [3.05, 3.63) is 22.4 Å². The van der Waals surface area contributed by atoms with Gasteiger partial charge >= 0.3 is 0 Å². The van der Waals surface area contributed by atoms with Crippen molar-refractivity contribution in [3.63, 3.8) is 0 Å². The second-order valence-corrected chi connectivity index (χ2v) is 8.48. The number of carbonyl (C=O) groups excluding carboxylic acids is 1. The highest BCUT2D eigenvalue weighted by molar-refractivity contribution is 7.10. The van der Waals surface area contributed by atoms with Gasteiger partial charge in [-0.05, 0) is 51.5 Å². The van der Waals surface area contributed by atoms with Gasteiger partial charge in [0, 0.05) is 35.3 Å². The summed E-state index contributed by atoms with van der Waals surface area (Å²) < 4.78 is 0. The van der Waals surface area contributed by atoms with Crippen LogP contribution in [0.2, 0.25) is 0 Å². The van der Waals surface area contributed by atoms with Crippen LogP contribution in [0.1, 0.15) is 64.2 Å². The van der Waals surface area contributed by atoms with Gasteiger partial charge in [0.1, 0.15) is 0 Å². The lowest BCUT2D eigenvalue weighted by molar-refractivity contribution is -0.126. The van der Waals surface area contributed by atoms with Crippen LogP contribution in [0.15, 0.2) is 22.5 Å². The molecule has 1 saturated carbocycles. The van der Waals surface area contributed by atoms with Crippen LogP contribution < -0.4 is 16.0 Å². The summed E-state index contributed by atoms with van der Waals surface area (Å²) in [4.78, 5) is 18.5. The summed E-state index contributed by atoms with van der Waals surface area (Å²) in [5.41, 5.74) is 0. The number of thiophene rings is 1. The smallest absolute Gasteiger partial charge is 0.223 e. The van der Waals surface area contributed by atoms with E-state index in [2.05, 4.69) is 47.3 Å². The van der Waals surface area contributed by atoms with E-state index < -0.39 is 0 Å². The Balaban J connectivity index is 1.91. The number of nitrogens with one attached hydrogen (secondary N) is 3. The fourth-order valence-electron chi connectivity index (χ4n) is 3.36. The molecule has 1 aliphatic rings. The topological polar surface area (TPSA) is 65.5 Å². The van der Waals surface area contributed by atoms with E-state index in [-0.39, 0.29) is 17.9 Å². The fraction of sp³-hybridized carbons (Fsp3) is 0.700. The Kier molecular flexibility index (Phi) is 8.42. The summed E-state index contributed by atoms with van der Waals surface area (Å²) in [7, 11) is 0. The number of hydrogen-bond donors (Lipinski definition) is 3. The first-order valence-corrected chi connectivity index (χ1v) is 10.8. The third kappa shape index (κ3) is 6.63. The van der Waals surface area contributed by atoms with E-state index in [0.29, 0.717) is 12.0 Å². The normalized spacial score (nSPS) is 22.1. The van der Waals surface area contributed by atoms with Crippen molar-refractivity contribution in [1.29, 1.82) is 0 Å². The van der Waals surface area contributed by atoms with Crippen LogP contribution in [-0.4, -0.2) is 37.0 Å². The van der Waals surface area contributed by atoms with Gasteiger partial charge in [-0.25, -0.2) is 0 Å². The molecule has 1 aliphatic carbocycles. The lowest BCUT2D eigenvalue weighted by Gasteiger charge is -2.30. The Hall–Kier alpha value is -1.56. The summed E-state index contributed by atoms with van der Waals surface area (Å²) in [6, 6.07) is 4.77. The SMILES string of the molecule is CCNC(=NCC(C)c1cccs1)NC1CCCC(C(=O)NC(C)C)C1. The molecule has 26 heavy (non-hydrogen) atoms. The van der Waals surface area contributed by atoms with Gasteiger partial charge in [0.05, 0.1) is 6.54 Å². The number of rotatable bonds is 7. The van der Waals surface area contributed by atoms with Crippen molar-refractivity contribution in [2.24, 2.45) is 10.9 Å². The van der Waals surface area contributed by atoms with Crippen LogP contribution in [-0.2, 0) is 4.79 Å². The molecule has 0 saturated heterocycles. The molecule has 0 aromatic carbocycles. The number of aliphatic imine (C=N–C) groups is 1. The predicted octanol–water partition coefficient (Wildman–Crippen LogP) is 3.49. The average Bonchev–Trinajstić information content (AvgIpc) is 3.14. The zero-order chi connectivity index (χ0) is 18.9. The summed E-state index contributed by atoms with van der Waals surface area (Å²) in [5.74, 6) is 1.59. The Morgan fingerprint density at radius 3 is 2.81 bits per heavy atom. The largest absolute Gasteiger partial charge is 0.357 e. The zero-order valence-electron chi connectivity index (χ0n) is 16.5. The maximum absolute atomic E-state index is 12.3. The predicted molar refractivity (Wildman–Crippen MR) is 111 cm³/mol. The molecule has 3 unspecified atom stereocenters. The molecular weight excluding hydrogens is 344 g/mol.